The molecule has 1 saturated carbocycles. The predicted octanol–water partition coefficient (Wildman–Crippen LogP) is 4.71. The van der Waals surface area contributed by atoms with Crippen LogP contribution in [0.1, 0.15) is 70.4 Å². The summed E-state index contributed by atoms with van der Waals surface area (Å²) in [5, 5.41) is 3.71. The lowest BCUT2D eigenvalue weighted by Crippen LogP contribution is -2.31. The summed E-state index contributed by atoms with van der Waals surface area (Å²) in [6, 6.07) is 4.75. The molecule has 1 N–H and O–H groups in total. The van der Waals surface area contributed by atoms with Gasteiger partial charge in [-0.15, -0.1) is 0 Å². The summed E-state index contributed by atoms with van der Waals surface area (Å²) >= 11 is 0. The molecular weight excluding hydrogens is 234 g/mol. The van der Waals surface area contributed by atoms with Crippen molar-refractivity contribution in [1.82, 2.24) is 5.32 Å². The van der Waals surface area contributed by atoms with E-state index < -0.39 is 0 Å². The Bertz CT molecular complexity index is 363. The smallest absolute Gasteiger partial charge is 0.121 e. The van der Waals surface area contributed by atoms with Crippen molar-refractivity contribution in [3.8, 4) is 0 Å². The molecule has 1 aliphatic carbocycles. The van der Waals surface area contributed by atoms with Crippen LogP contribution in [0.5, 0.6) is 0 Å². The summed E-state index contributed by atoms with van der Waals surface area (Å²) in [6.45, 7) is 7.84. The summed E-state index contributed by atoms with van der Waals surface area (Å²) < 4.78 is 6.01. The Balaban J connectivity index is 2.06. The molecule has 1 aromatic rings. The van der Waals surface area contributed by atoms with Gasteiger partial charge in [0.1, 0.15) is 11.5 Å². The highest BCUT2D eigenvalue weighted by atomic mass is 16.3. The van der Waals surface area contributed by atoms with Gasteiger partial charge in [0.25, 0.3) is 0 Å². The van der Waals surface area contributed by atoms with Crippen LogP contribution in [0.25, 0.3) is 0 Å². The van der Waals surface area contributed by atoms with Crippen molar-refractivity contribution in [2.45, 2.75) is 65.3 Å². The third kappa shape index (κ3) is 3.85. The minimum Gasteiger partial charge on any atom is -0.464 e. The Morgan fingerprint density at radius 3 is 2.53 bits per heavy atom. The first-order valence-corrected chi connectivity index (χ1v) is 8.06. The maximum Gasteiger partial charge on any atom is 0.121 e. The highest BCUT2D eigenvalue weighted by molar-refractivity contribution is 5.12. The van der Waals surface area contributed by atoms with Gasteiger partial charge in [-0.2, -0.15) is 0 Å². The summed E-state index contributed by atoms with van der Waals surface area (Å²) in [6.07, 6.45) is 7.59. The van der Waals surface area contributed by atoms with E-state index in [9.17, 15) is 0 Å². The zero-order chi connectivity index (χ0) is 13.7. The average Bonchev–Trinajstić information content (AvgIpc) is 2.90. The molecule has 2 heteroatoms. The van der Waals surface area contributed by atoms with Crippen LogP contribution in [0.3, 0.4) is 0 Å². The third-order valence-corrected chi connectivity index (χ3v) is 4.48. The Morgan fingerprint density at radius 1 is 1.21 bits per heavy atom. The molecule has 1 aromatic heterocycles. The van der Waals surface area contributed by atoms with Crippen molar-refractivity contribution in [2.24, 2.45) is 11.8 Å². The van der Waals surface area contributed by atoms with Crippen molar-refractivity contribution >= 4 is 0 Å². The molecule has 1 aliphatic rings. The summed E-state index contributed by atoms with van der Waals surface area (Å²) in [5.41, 5.74) is 0. The molecule has 0 aliphatic heterocycles. The first-order valence-electron chi connectivity index (χ1n) is 8.06. The number of furan rings is 1. The van der Waals surface area contributed by atoms with Crippen molar-refractivity contribution in [2.75, 3.05) is 6.54 Å². The van der Waals surface area contributed by atoms with Gasteiger partial charge >= 0.3 is 0 Å². The van der Waals surface area contributed by atoms with E-state index in [1.807, 2.05) is 0 Å². The Hall–Kier alpha value is -0.760. The molecule has 0 amide bonds. The first-order chi connectivity index (χ1) is 9.24. The normalized spacial score (nSPS) is 25.4. The topological polar surface area (TPSA) is 25.2 Å². The van der Waals surface area contributed by atoms with Gasteiger partial charge in [0.05, 0.1) is 6.04 Å². The van der Waals surface area contributed by atoms with Gasteiger partial charge in [0.2, 0.25) is 0 Å². The highest BCUT2D eigenvalue weighted by Gasteiger charge is 2.28. The van der Waals surface area contributed by atoms with E-state index in [2.05, 4.69) is 38.2 Å². The lowest BCUT2D eigenvalue weighted by atomic mass is 9.78. The minimum absolute atomic E-state index is 0.424. The first kappa shape index (κ1) is 14.6. The standard InChI is InChI=1S/C17H29NO/c1-4-12-18-17(14-8-6-13(3)7-9-14)16-11-10-15(5-2)19-16/h10-11,13-14,17-18H,4-9,12H2,1-3H3. The second-order valence-electron chi connectivity index (χ2n) is 6.11. The van der Waals surface area contributed by atoms with Crippen LogP contribution in [-0.4, -0.2) is 6.54 Å². The van der Waals surface area contributed by atoms with Crippen molar-refractivity contribution in [3.63, 3.8) is 0 Å². The second-order valence-corrected chi connectivity index (χ2v) is 6.11. The summed E-state index contributed by atoms with van der Waals surface area (Å²) in [5.74, 6) is 3.93. The van der Waals surface area contributed by atoms with Gasteiger partial charge in [-0.1, -0.05) is 33.6 Å². The van der Waals surface area contributed by atoms with E-state index in [0.717, 1.165) is 36.3 Å². The lowest BCUT2D eigenvalue weighted by molar-refractivity contribution is 0.211. The van der Waals surface area contributed by atoms with Gasteiger partial charge in [0, 0.05) is 6.42 Å². The van der Waals surface area contributed by atoms with Gasteiger partial charge in [-0.3, -0.25) is 0 Å². The van der Waals surface area contributed by atoms with Crippen molar-refractivity contribution < 1.29 is 4.42 Å². The maximum absolute atomic E-state index is 6.01. The number of aryl methyl sites for hydroxylation is 1. The summed E-state index contributed by atoms with van der Waals surface area (Å²) in [7, 11) is 0. The molecule has 2 nitrogen and oxygen atoms in total. The molecule has 108 valence electrons. The number of rotatable bonds is 6. The zero-order valence-electron chi connectivity index (χ0n) is 12.7. The van der Waals surface area contributed by atoms with Crippen LogP contribution in [0.4, 0.5) is 0 Å². The molecule has 1 heterocycles. The number of hydrogen-bond acceptors (Lipinski definition) is 2. The molecule has 1 fully saturated rings. The molecular formula is C17H29NO. The van der Waals surface area contributed by atoms with Crippen LogP contribution in [0, 0.1) is 11.8 Å². The van der Waals surface area contributed by atoms with Crippen LogP contribution in [0.2, 0.25) is 0 Å². The van der Waals surface area contributed by atoms with Crippen LogP contribution in [-0.2, 0) is 6.42 Å². The monoisotopic (exact) mass is 263 g/mol. The fraction of sp³-hybridized carbons (Fsp3) is 0.765. The number of hydrogen-bond donors (Lipinski definition) is 1. The largest absolute Gasteiger partial charge is 0.464 e. The molecule has 0 bridgehead atoms. The van der Waals surface area contributed by atoms with Gasteiger partial charge in [-0.05, 0) is 49.8 Å². The van der Waals surface area contributed by atoms with E-state index in [4.69, 9.17) is 4.42 Å². The molecule has 1 unspecified atom stereocenters. The van der Waals surface area contributed by atoms with Crippen LogP contribution < -0.4 is 5.32 Å². The molecule has 1 atom stereocenters. The van der Waals surface area contributed by atoms with Crippen molar-refractivity contribution in [3.05, 3.63) is 23.7 Å². The SMILES string of the molecule is CCCNC(c1ccc(CC)o1)C1CCC(C)CC1. The fourth-order valence-electron chi connectivity index (χ4n) is 3.17. The maximum atomic E-state index is 6.01. The Morgan fingerprint density at radius 2 is 1.95 bits per heavy atom. The van der Waals surface area contributed by atoms with Gasteiger partial charge in [-0.25, -0.2) is 0 Å². The number of nitrogens with one attached hydrogen (secondary N) is 1. The highest BCUT2D eigenvalue weighted by Crippen LogP contribution is 2.37. The van der Waals surface area contributed by atoms with Crippen LogP contribution in [0.15, 0.2) is 16.5 Å². The Labute approximate surface area is 118 Å². The minimum atomic E-state index is 0.424. The fourth-order valence-corrected chi connectivity index (χ4v) is 3.17. The Kier molecular flexibility index (Phi) is 5.50. The van der Waals surface area contributed by atoms with Crippen LogP contribution >= 0.6 is 0 Å². The van der Waals surface area contributed by atoms with E-state index >= 15 is 0 Å². The van der Waals surface area contributed by atoms with Gasteiger partial charge in [0.15, 0.2) is 0 Å². The molecule has 0 radical (unpaired) electrons. The predicted molar refractivity (Wildman–Crippen MR) is 80.2 cm³/mol. The molecule has 2 rings (SSSR count). The van der Waals surface area contributed by atoms with E-state index in [1.54, 1.807) is 0 Å². The van der Waals surface area contributed by atoms with Gasteiger partial charge < -0.3 is 9.73 Å². The lowest BCUT2D eigenvalue weighted by Gasteiger charge is -2.32. The molecule has 0 aromatic carbocycles. The second kappa shape index (κ2) is 7.14. The van der Waals surface area contributed by atoms with Crippen molar-refractivity contribution in [1.29, 1.82) is 0 Å². The third-order valence-electron chi connectivity index (χ3n) is 4.48. The quantitative estimate of drug-likeness (QED) is 0.804. The molecule has 0 saturated heterocycles. The van der Waals surface area contributed by atoms with E-state index in [1.165, 1.54) is 32.1 Å². The van der Waals surface area contributed by atoms with E-state index in [-0.39, 0.29) is 0 Å². The van der Waals surface area contributed by atoms with E-state index in [0.29, 0.717) is 6.04 Å². The molecule has 19 heavy (non-hydrogen) atoms. The zero-order valence-corrected chi connectivity index (χ0v) is 12.7. The average molecular weight is 263 g/mol. The molecule has 0 spiro atoms. The summed E-state index contributed by atoms with van der Waals surface area (Å²) in [4.78, 5) is 0.